The monoisotopic (exact) mass is 309 g/mol. The van der Waals surface area contributed by atoms with Gasteiger partial charge >= 0.3 is 12.1 Å². The summed E-state index contributed by atoms with van der Waals surface area (Å²) in [5.74, 6) is -0.770. The van der Waals surface area contributed by atoms with Gasteiger partial charge in [-0.25, -0.2) is 4.79 Å². The molecule has 1 aromatic carbocycles. The number of esters is 1. The minimum absolute atomic E-state index is 0.138. The molecule has 0 spiro atoms. The van der Waals surface area contributed by atoms with E-state index in [4.69, 9.17) is 9.47 Å². The first-order valence-electron chi connectivity index (χ1n) is 7.04. The molecule has 0 aromatic heterocycles. The van der Waals surface area contributed by atoms with Crippen molar-refractivity contribution in [3.8, 4) is 0 Å². The zero-order chi connectivity index (χ0) is 16.6. The molecular formula is C16H23NO5. The molecule has 1 amide bonds. The SMILES string of the molecule is COC(=O)C(C)COC(C)(C)NC(=O)OCc1ccccc1. The average Bonchev–Trinajstić information content (AvgIpc) is 2.50. The van der Waals surface area contributed by atoms with E-state index in [2.05, 4.69) is 10.1 Å². The van der Waals surface area contributed by atoms with Gasteiger partial charge in [0.25, 0.3) is 0 Å². The highest BCUT2D eigenvalue weighted by Crippen LogP contribution is 2.10. The molecule has 0 saturated heterocycles. The standard InChI is InChI=1S/C16H23NO5/c1-12(14(18)20-4)10-22-16(2,3)17-15(19)21-11-13-8-6-5-7-9-13/h5-9,12H,10-11H2,1-4H3,(H,17,19). The molecule has 0 radical (unpaired) electrons. The number of carbonyl (C=O) groups excluding carboxylic acids is 2. The van der Waals surface area contributed by atoms with E-state index in [1.807, 2.05) is 30.3 Å². The fraction of sp³-hybridized carbons (Fsp3) is 0.500. The zero-order valence-corrected chi connectivity index (χ0v) is 13.4. The van der Waals surface area contributed by atoms with Gasteiger partial charge in [-0.3, -0.25) is 10.1 Å². The average molecular weight is 309 g/mol. The number of amides is 1. The second-order valence-electron chi connectivity index (χ2n) is 5.43. The van der Waals surface area contributed by atoms with Crippen molar-refractivity contribution in [2.45, 2.75) is 33.1 Å². The molecule has 0 fully saturated rings. The Balaban J connectivity index is 2.36. The van der Waals surface area contributed by atoms with Gasteiger partial charge in [0, 0.05) is 0 Å². The first kappa shape index (κ1) is 18.0. The Morgan fingerprint density at radius 3 is 2.45 bits per heavy atom. The van der Waals surface area contributed by atoms with Crippen molar-refractivity contribution >= 4 is 12.1 Å². The lowest BCUT2D eigenvalue weighted by molar-refractivity contribution is -0.149. The van der Waals surface area contributed by atoms with Gasteiger partial charge in [0.05, 0.1) is 19.6 Å². The molecule has 1 atom stereocenters. The summed E-state index contributed by atoms with van der Waals surface area (Å²) >= 11 is 0. The molecule has 0 saturated carbocycles. The lowest BCUT2D eigenvalue weighted by Gasteiger charge is -2.27. The van der Waals surface area contributed by atoms with Gasteiger partial charge in [0.1, 0.15) is 12.3 Å². The molecule has 122 valence electrons. The number of alkyl carbamates (subject to hydrolysis) is 1. The van der Waals surface area contributed by atoms with Gasteiger partial charge in [-0.1, -0.05) is 30.3 Å². The largest absolute Gasteiger partial charge is 0.469 e. The lowest BCUT2D eigenvalue weighted by Crippen LogP contribution is -2.46. The van der Waals surface area contributed by atoms with Crippen molar-refractivity contribution in [2.75, 3.05) is 13.7 Å². The number of methoxy groups -OCH3 is 1. The molecule has 6 nitrogen and oxygen atoms in total. The van der Waals surface area contributed by atoms with E-state index in [0.717, 1.165) is 5.56 Å². The van der Waals surface area contributed by atoms with Gasteiger partial charge < -0.3 is 14.2 Å². The van der Waals surface area contributed by atoms with Crippen LogP contribution >= 0.6 is 0 Å². The number of carbonyl (C=O) groups is 2. The number of ether oxygens (including phenoxy) is 3. The molecule has 0 aliphatic carbocycles. The van der Waals surface area contributed by atoms with E-state index in [-0.39, 0.29) is 19.2 Å². The summed E-state index contributed by atoms with van der Waals surface area (Å²) < 4.78 is 15.3. The van der Waals surface area contributed by atoms with Crippen LogP contribution in [0.15, 0.2) is 30.3 Å². The van der Waals surface area contributed by atoms with Crippen molar-refractivity contribution < 1.29 is 23.8 Å². The first-order valence-corrected chi connectivity index (χ1v) is 7.04. The zero-order valence-electron chi connectivity index (χ0n) is 13.4. The Hall–Kier alpha value is -2.08. The van der Waals surface area contributed by atoms with Crippen molar-refractivity contribution in [1.82, 2.24) is 5.32 Å². The summed E-state index contributed by atoms with van der Waals surface area (Å²) in [7, 11) is 1.32. The van der Waals surface area contributed by atoms with Crippen LogP contribution in [0.2, 0.25) is 0 Å². The highest BCUT2D eigenvalue weighted by atomic mass is 16.6. The molecule has 0 bridgehead atoms. The second kappa shape index (κ2) is 8.38. The summed E-state index contributed by atoms with van der Waals surface area (Å²) in [5, 5.41) is 2.60. The predicted molar refractivity (Wildman–Crippen MR) is 81.0 cm³/mol. The normalized spacial score (nSPS) is 12.4. The Kier molecular flexibility index (Phi) is 6.85. The Morgan fingerprint density at radius 1 is 1.23 bits per heavy atom. The van der Waals surface area contributed by atoms with Crippen LogP contribution < -0.4 is 5.32 Å². The topological polar surface area (TPSA) is 73.9 Å². The van der Waals surface area contributed by atoms with Crippen molar-refractivity contribution in [3.05, 3.63) is 35.9 Å². The summed E-state index contributed by atoms with van der Waals surface area (Å²) in [6.45, 7) is 5.37. The minimum Gasteiger partial charge on any atom is -0.469 e. The van der Waals surface area contributed by atoms with Crippen LogP contribution in [0.3, 0.4) is 0 Å². The molecular weight excluding hydrogens is 286 g/mol. The van der Waals surface area contributed by atoms with Crippen LogP contribution in [0.5, 0.6) is 0 Å². The summed E-state index contributed by atoms with van der Waals surface area (Å²) in [6, 6.07) is 9.37. The molecule has 22 heavy (non-hydrogen) atoms. The highest BCUT2D eigenvalue weighted by molar-refractivity contribution is 5.72. The molecule has 0 aliphatic heterocycles. The van der Waals surface area contributed by atoms with E-state index in [9.17, 15) is 9.59 Å². The number of rotatable bonds is 7. The van der Waals surface area contributed by atoms with Crippen LogP contribution in [-0.2, 0) is 25.6 Å². The van der Waals surface area contributed by atoms with E-state index in [1.165, 1.54) is 7.11 Å². The number of nitrogens with one attached hydrogen (secondary N) is 1. The summed E-state index contributed by atoms with van der Waals surface area (Å²) in [6.07, 6.45) is -0.584. The number of hydrogen-bond acceptors (Lipinski definition) is 5. The van der Waals surface area contributed by atoms with E-state index in [1.54, 1.807) is 20.8 Å². The fourth-order valence-electron chi connectivity index (χ4n) is 1.64. The maximum Gasteiger partial charge on any atom is 0.409 e. The minimum atomic E-state index is -0.948. The second-order valence-corrected chi connectivity index (χ2v) is 5.43. The van der Waals surface area contributed by atoms with Crippen LogP contribution in [0.4, 0.5) is 4.79 Å². The van der Waals surface area contributed by atoms with E-state index < -0.39 is 17.7 Å². The van der Waals surface area contributed by atoms with E-state index >= 15 is 0 Å². The third kappa shape index (κ3) is 6.58. The smallest absolute Gasteiger partial charge is 0.409 e. The van der Waals surface area contributed by atoms with Crippen LogP contribution in [0, 0.1) is 5.92 Å². The summed E-state index contributed by atoms with van der Waals surface area (Å²) in [4.78, 5) is 23.1. The molecule has 6 heteroatoms. The van der Waals surface area contributed by atoms with Gasteiger partial charge in [0.15, 0.2) is 0 Å². The van der Waals surface area contributed by atoms with Gasteiger partial charge in [-0.05, 0) is 26.3 Å². The third-order valence-corrected chi connectivity index (χ3v) is 2.91. The lowest BCUT2D eigenvalue weighted by atomic mass is 10.2. The van der Waals surface area contributed by atoms with Crippen LogP contribution in [-0.4, -0.2) is 31.5 Å². The fourth-order valence-corrected chi connectivity index (χ4v) is 1.64. The quantitative estimate of drug-likeness (QED) is 0.618. The predicted octanol–water partition coefficient (Wildman–Crippen LogP) is 2.47. The molecule has 0 aliphatic rings. The molecule has 1 aromatic rings. The third-order valence-electron chi connectivity index (χ3n) is 2.91. The molecule has 1 N–H and O–H groups in total. The molecule has 1 unspecified atom stereocenters. The Bertz CT molecular complexity index is 487. The maximum atomic E-state index is 11.8. The van der Waals surface area contributed by atoms with E-state index in [0.29, 0.717) is 0 Å². The Labute approximate surface area is 130 Å². The van der Waals surface area contributed by atoms with Crippen molar-refractivity contribution in [2.24, 2.45) is 5.92 Å². The van der Waals surface area contributed by atoms with Crippen LogP contribution in [0.25, 0.3) is 0 Å². The first-order chi connectivity index (χ1) is 10.3. The number of hydrogen-bond donors (Lipinski definition) is 1. The van der Waals surface area contributed by atoms with Gasteiger partial charge in [0.2, 0.25) is 0 Å². The van der Waals surface area contributed by atoms with Gasteiger partial charge in [-0.15, -0.1) is 0 Å². The van der Waals surface area contributed by atoms with Crippen molar-refractivity contribution in [3.63, 3.8) is 0 Å². The maximum absolute atomic E-state index is 11.8. The highest BCUT2D eigenvalue weighted by Gasteiger charge is 2.24. The molecule has 1 rings (SSSR count). The summed E-state index contributed by atoms with van der Waals surface area (Å²) in [5.41, 5.74) is -0.0496. The van der Waals surface area contributed by atoms with Crippen molar-refractivity contribution in [1.29, 1.82) is 0 Å². The number of benzene rings is 1. The van der Waals surface area contributed by atoms with Crippen LogP contribution in [0.1, 0.15) is 26.3 Å². The Morgan fingerprint density at radius 2 is 1.86 bits per heavy atom. The van der Waals surface area contributed by atoms with Gasteiger partial charge in [-0.2, -0.15) is 0 Å². The molecule has 0 heterocycles.